The second kappa shape index (κ2) is 5.01. The van der Waals surface area contributed by atoms with E-state index < -0.39 is 19.2 Å². The van der Waals surface area contributed by atoms with Crippen molar-refractivity contribution in [3.8, 4) is 6.08 Å². The van der Waals surface area contributed by atoms with E-state index in [0.717, 1.165) is 0 Å². The molecular formula is C8H11F3N2O2. The Balaban J connectivity index is 2.31. The molecule has 0 unspecified atom stereocenters. The molecule has 0 saturated carbocycles. The summed E-state index contributed by atoms with van der Waals surface area (Å²) in [6, 6.07) is 0. The van der Waals surface area contributed by atoms with Gasteiger partial charge >= 0.3 is 12.3 Å². The van der Waals surface area contributed by atoms with E-state index in [1.807, 2.05) is 0 Å². The third-order valence-electron chi connectivity index (χ3n) is 1.50. The van der Waals surface area contributed by atoms with Crippen molar-refractivity contribution in [3.05, 3.63) is 12.0 Å². The Labute approximate surface area is 84.4 Å². The fourth-order valence-corrected chi connectivity index (χ4v) is 0.871. The first-order valence-electron chi connectivity index (χ1n) is 4.30. The van der Waals surface area contributed by atoms with Gasteiger partial charge in [0.15, 0.2) is 0 Å². The quantitative estimate of drug-likeness (QED) is 0.827. The lowest BCUT2D eigenvalue weighted by atomic mass is 10.4. The van der Waals surface area contributed by atoms with E-state index in [4.69, 9.17) is 4.42 Å². The minimum absolute atomic E-state index is 0.135. The second-order valence-corrected chi connectivity index (χ2v) is 2.85. The maximum Gasteiger partial charge on any atom is 0.393 e. The minimum atomic E-state index is -4.22. The summed E-state index contributed by atoms with van der Waals surface area (Å²) in [5.41, 5.74) is 0.583. The molecule has 4 nitrogen and oxygen atoms in total. The molecule has 0 aromatic carbocycles. The van der Waals surface area contributed by atoms with Crippen LogP contribution in [-0.2, 0) is 6.54 Å². The molecule has 0 aliphatic rings. The number of rotatable bonds is 5. The average Bonchev–Trinajstić information content (AvgIpc) is 2.51. The zero-order valence-corrected chi connectivity index (χ0v) is 8.10. The van der Waals surface area contributed by atoms with E-state index in [1.165, 1.54) is 6.26 Å². The van der Waals surface area contributed by atoms with Gasteiger partial charge in [0.2, 0.25) is 0 Å². The zero-order chi connectivity index (χ0) is 11.3. The van der Waals surface area contributed by atoms with Crippen molar-refractivity contribution in [1.82, 2.24) is 10.3 Å². The summed E-state index contributed by atoms with van der Waals surface area (Å²) in [5.74, 6) is 0. The van der Waals surface area contributed by atoms with Crippen molar-refractivity contribution in [2.24, 2.45) is 0 Å². The van der Waals surface area contributed by atoms with Crippen molar-refractivity contribution in [3.63, 3.8) is 0 Å². The predicted octanol–water partition coefficient (Wildman–Crippen LogP) is 1.73. The van der Waals surface area contributed by atoms with Crippen LogP contribution in [0.15, 0.2) is 10.7 Å². The molecule has 7 heteroatoms. The Hall–Kier alpha value is -1.24. The molecule has 1 N–H and O–H groups in total. The van der Waals surface area contributed by atoms with Crippen molar-refractivity contribution < 1.29 is 22.3 Å². The standard InChI is InChI=1S/C8H11F3N2O2/c1-12-4-6-5-15-7(13-6)14-3-2-8(9,10)11/h5,12H,2-4H2,1H3. The first-order chi connectivity index (χ1) is 7.01. The Morgan fingerprint density at radius 2 is 2.27 bits per heavy atom. The topological polar surface area (TPSA) is 47.3 Å². The average molecular weight is 224 g/mol. The monoisotopic (exact) mass is 224 g/mol. The third-order valence-corrected chi connectivity index (χ3v) is 1.50. The smallest absolute Gasteiger partial charge is 0.393 e. The number of nitrogens with one attached hydrogen (secondary N) is 1. The molecule has 0 fully saturated rings. The van der Waals surface area contributed by atoms with Gasteiger partial charge in [0.05, 0.1) is 12.1 Å². The molecule has 15 heavy (non-hydrogen) atoms. The first kappa shape index (κ1) is 11.8. The summed E-state index contributed by atoms with van der Waals surface area (Å²) in [6.45, 7) is -0.00482. The Kier molecular flexibility index (Phi) is 3.96. The molecule has 1 rings (SSSR count). The van der Waals surface area contributed by atoms with Gasteiger partial charge in [0.25, 0.3) is 0 Å². The summed E-state index contributed by atoms with van der Waals surface area (Å²) >= 11 is 0. The van der Waals surface area contributed by atoms with Crippen LogP contribution in [0, 0.1) is 0 Å². The van der Waals surface area contributed by atoms with Crippen molar-refractivity contribution in [2.45, 2.75) is 19.1 Å². The van der Waals surface area contributed by atoms with Gasteiger partial charge < -0.3 is 14.5 Å². The fraction of sp³-hybridized carbons (Fsp3) is 0.625. The van der Waals surface area contributed by atoms with Crippen molar-refractivity contribution >= 4 is 0 Å². The van der Waals surface area contributed by atoms with Gasteiger partial charge in [-0.2, -0.15) is 18.2 Å². The lowest BCUT2D eigenvalue weighted by Crippen LogP contribution is -2.13. The van der Waals surface area contributed by atoms with Crippen molar-refractivity contribution in [2.75, 3.05) is 13.7 Å². The van der Waals surface area contributed by atoms with Gasteiger partial charge in [-0.3, -0.25) is 0 Å². The molecule has 0 aliphatic heterocycles. The predicted molar refractivity (Wildman–Crippen MR) is 45.4 cm³/mol. The highest BCUT2D eigenvalue weighted by Gasteiger charge is 2.27. The van der Waals surface area contributed by atoms with Gasteiger partial charge in [0, 0.05) is 6.54 Å². The summed E-state index contributed by atoms with van der Waals surface area (Å²) in [4.78, 5) is 3.80. The SMILES string of the molecule is CNCc1coc(OCCC(F)(F)F)n1. The van der Waals surface area contributed by atoms with E-state index in [-0.39, 0.29) is 6.08 Å². The van der Waals surface area contributed by atoms with Crippen LogP contribution in [0.3, 0.4) is 0 Å². The van der Waals surface area contributed by atoms with E-state index in [2.05, 4.69) is 15.0 Å². The van der Waals surface area contributed by atoms with E-state index in [0.29, 0.717) is 12.2 Å². The number of hydrogen-bond acceptors (Lipinski definition) is 4. The highest BCUT2D eigenvalue weighted by atomic mass is 19.4. The summed E-state index contributed by atoms with van der Waals surface area (Å²) < 4.78 is 44.7. The van der Waals surface area contributed by atoms with Crippen LogP contribution in [0.1, 0.15) is 12.1 Å². The van der Waals surface area contributed by atoms with Gasteiger partial charge in [-0.15, -0.1) is 0 Å². The molecule has 1 aromatic rings. The Morgan fingerprint density at radius 1 is 1.53 bits per heavy atom. The third kappa shape index (κ3) is 4.68. The number of hydrogen-bond donors (Lipinski definition) is 1. The molecule has 0 spiro atoms. The molecular weight excluding hydrogens is 213 g/mol. The molecule has 86 valence electrons. The van der Waals surface area contributed by atoms with E-state index in [9.17, 15) is 13.2 Å². The van der Waals surface area contributed by atoms with Crippen LogP contribution in [0.25, 0.3) is 0 Å². The highest BCUT2D eigenvalue weighted by Crippen LogP contribution is 2.20. The van der Waals surface area contributed by atoms with Crippen LogP contribution in [0.2, 0.25) is 0 Å². The molecule has 0 saturated heterocycles. The first-order valence-corrected chi connectivity index (χ1v) is 4.30. The zero-order valence-electron chi connectivity index (χ0n) is 8.10. The Bertz CT molecular complexity index is 298. The van der Waals surface area contributed by atoms with Gasteiger partial charge in [0.1, 0.15) is 12.9 Å². The number of alkyl halides is 3. The van der Waals surface area contributed by atoms with Crippen LogP contribution in [0.4, 0.5) is 13.2 Å². The number of oxazole rings is 1. The lowest BCUT2D eigenvalue weighted by Gasteiger charge is -2.04. The molecule has 1 aromatic heterocycles. The minimum Gasteiger partial charge on any atom is -0.450 e. The largest absolute Gasteiger partial charge is 0.450 e. The van der Waals surface area contributed by atoms with Gasteiger partial charge in [-0.25, -0.2) is 0 Å². The van der Waals surface area contributed by atoms with Crippen LogP contribution in [0.5, 0.6) is 6.08 Å². The summed E-state index contributed by atoms with van der Waals surface area (Å²) in [5, 5.41) is 2.82. The molecule has 0 atom stereocenters. The van der Waals surface area contributed by atoms with Crippen LogP contribution < -0.4 is 10.1 Å². The number of halogens is 3. The van der Waals surface area contributed by atoms with Crippen LogP contribution in [-0.4, -0.2) is 24.8 Å². The number of aromatic nitrogens is 1. The van der Waals surface area contributed by atoms with Crippen molar-refractivity contribution in [1.29, 1.82) is 0 Å². The molecule has 0 radical (unpaired) electrons. The lowest BCUT2D eigenvalue weighted by molar-refractivity contribution is -0.140. The summed E-state index contributed by atoms with van der Waals surface area (Å²) in [6.07, 6.45) is -4.04. The maximum atomic E-state index is 11.7. The highest BCUT2D eigenvalue weighted by molar-refractivity contribution is 4.99. The number of nitrogens with zero attached hydrogens (tertiary/aromatic N) is 1. The molecule has 1 heterocycles. The molecule has 0 bridgehead atoms. The van der Waals surface area contributed by atoms with Gasteiger partial charge in [-0.05, 0) is 7.05 Å². The maximum absolute atomic E-state index is 11.7. The molecule has 0 aliphatic carbocycles. The Morgan fingerprint density at radius 3 is 2.87 bits per heavy atom. The number of ether oxygens (including phenoxy) is 1. The van der Waals surface area contributed by atoms with Crippen LogP contribution >= 0.6 is 0 Å². The second-order valence-electron chi connectivity index (χ2n) is 2.85. The molecule has 0 amide bonds. The van der Waals surface area contributed by atoms with Gasteiger partial charge in [-0.1, -0.05) is 0 Å². The van der Waals surface area contributed by atoms with E-state index >= 15 is 0 Å². The normalized spacial score (nSPS) is 11.7. The van der Waals surface area contributed by atoms with E-state index in [1.54, 1.807) is 7.05 Å². The summed E-state index contributed by atoms with van der Waals surface area (Å²) in [7, 11) is 1.72. The fourth-order valence-electron chi connectivity index (χ4n) is 0.871.